The highest BCUT2D eigenvalue weighted by atomic mass is 16.5. The van der Waals surface area contributed by atoms with Crippen molar-refractivity contribution in [3.8, 4) is 0 Å². The predicted octanol–water partition coefficient (Wildman–Crippen LogP) is 2.81. The van der Waals surface area contributed by atoms with E-state index in [0.717, 1.165) is 36.9 Å². The molecule has 96 valence electrons. The number of hydrogen-bond donors (Lipinski definition) is 1. The van der Waals surface area contributed by atoms with E-state index in [1.54, 1.807) is 0 Å². The van der Waals surface area contributed by atoms with Gasteiger partial charge in [0.1, 0.15) is 0 Å². The molecule has 4 unspecified atom stereocenters. The molecule has 17 heavy (non-hydrogen) atoms. The summed E-state index contributed by atoms with van der Waals surface area (Å²) in [7, 11) is 0. The lowest BCUT2D eigenvalue weighted by molar-refractivity contribution is 0.345. The summed E-state index contributed by atoms with van der Waals surface area (Å²) >= 11 is 0. The van der Waals surface area contributed by atoms with Gasteiger partial charge in [-0.05, 0) is 32.1 Å². The molecule has 0 radical (unpaired) electrons. The number of nitrogens with two attached hydrogens (primary N) is 1. The molecule has 1 fully saturated rings. The van der Waals surface area contributed by atoms with Crippen LogP contribution in [0.4, 0.5) is 0 Å². The Kier molecular flexibility index (Phi) is 3.82. The summed E-state index contributed by atoms with van der Waals surface area (Å²) in [4.78, 5) is 4.51. The Morgan fingerprint density at radius 3 is 2.71 bits per heavy atom. The van der Waals surface area contributed by atoms with Crippen molar-refractivity contribution in [2.45, 2.75) is 64.3 Å². The molecule has 2 N–H and O–H groups in total. The van der Waals surface area contributed by atoms with Gasteiger partial charge in [-0.15, -0.1) is 0 Å². The highest BCUT2D eigenvalue weighted by Gasteiger charge is 2.38. The molecular weight excluding hydrogens is 214 g/mol. The molecule has 0 saturated heterocycles. The zero-order valence-corrected chi connectivity index (χ0v) is 11.0. The zero-order valence-electron chi connectivity index (χ0n) is 11.0. The molecule has 1 aliphatic rings. The van der Waals surface area contributed by atoms with Crippen LogP contribution >= 0.6 is 0 Å². The summed E-state index contributed by atoms with van der Waals surface area (Å²) < 4.78 is 5.34. The van der Waals surface area contributed by atoms with Crippen LogP contribution in [0.2, 0.25) is 0 Å². The van der Waals surface area contributed by atoms with Crippen molar-refractivity contribution in [3.63, 3.8) is 0 Å². The molecule has 1 aliphatic carbocycles. The largest absolute Gasteiger partial charge is 0.339 e. The average Bonchev–Trinajstić information content (AvgIpc) is 2.80. The van der Waals surface area contributed by atoms with Gasteiger partial charge in [0.2, 0.25) is 5.89 Å². The van der Waals surface area contributed by atoms with Crippen LogP contribution in [-0.2, 0) is 0 Å². The maximum Gasteiger partial charge on any atom is 0.229 e. The van der Waals surface area contributed by atoms with Gasteiger partial charge < -0.3 is 10.3 Å². The molecule has 1 heterocycles. The molecule has 0 aliphatic heterocycles. The van der Waals surface area contributed by atoms with E-state index in [2.05, 4.69) is 24.0 Å². The van der Waals surface area contributed by atoms with E-state index in [1.807, 2.05) is 6.92 Å². The normalized spacial score (nSPS) is 26.8. The van der Waals surface area contributed by atoms with Crippen LogP contribution in [0.1, 0.15) is 70.0 Å². The molecule has 4 heteroatoms. The van der Waals surface area contributed by atoms with Gasteiger partial charge in [0, 0.05) is 17.9 Å². The smallest absolute Gasteiger partial charge is 0.229 e. The molecule has 0 aromatic carbocycles. The lowest BCUT2D eigenvalue weighted by Crippen LogP contribution is -2.14. The van der Waals surface area contributed by atoms with Crippen LogP contribution in [0.15, 0.2) is 4.52 Å². The van der Waals surface area contributed by atoms with E-state index in [0.29, 0.717) is 11.8 Å². The summed E-state index contributed by atoms with van der Waals surface area (Å²) in [6.45, 7) is 6.42. The van der Waals surface area contributed by atoms with Crippen LogP contribution in [0.3, 0.4) is 0 Å². The monoisotopic (exact) mass is 237 g/mol. The second-order valence-corrected chi connectivity index (χ2v) is 5.62. The summed E-state index contributed by atoms with van der Waals surface area (Å²) in [6.07, 6.45) is 4.46. The third-order valence-corrected chi connectivity index (χ3v) is 3.62. The molecule has 1 aromatic heterocycles. The average molecular weight is 237 g/mol. The van der Waals surface area contributed by atoms with E-state index >= 15 is 0 Å². The van der Waals surface area contributed by atoms with Gasteiger partial charge in [-0.25, -0.2) is 0 Å². The Morgan fingerprint density at radius 1 is 1.41 bits per heavy atom. The second kappa shape index (κ2) is 5.17. The van der Waals surface area contributed by atoms with Crippen LogP contribution in [-0.4, -0.2) is 16.2 Å². The molecule has 4 nitrogen and oxygen atoms in total. The molecule has 1 saturated carbocycles. The molecular formula is C13H23N3O. The zero-order chi connectivity index (χ0) is 12.4. The van der Waals surface area contributed by atoms with Gasteiger partial charge in [-0.1, -0.05) is 25.4 Å². The second-order valence-electron chi connectivity index (χ2n) is 5.62. The first-order chi connectivity index (χ1) is 8.08. The Balaban J connectivity index is 1.82. The predicted molar refractivity (Wildman–Crippen MR) is 66.7 cm³/mol. The number of aromatic nitrogens is 2. The number of nitrogens with zero attached hydrogens (tertiary/aromatic N) is 2. The minimum atomic E-state index is 0.285. The fourth-order valence-corrected chi connectivity index (χ4v) is 2.15. The van der Waals surface area contributed by atoms with Crippen LogP contribution < -0.4 is 5.73 Å². The Bertz CT molecular complexity index is 361. The quantitative estimate of drug-likeness (QED) is 0.826. The van der Waals surface area contributed by atoms with E-state index in [1.165, 1.54) is 6.42 Å². The van der Waals surface area contributed by atoms with Crippen LogP contribution in [0, 0.1) is 5.92 Å². The van der Waals surface area contributed by atoms with Gasteiger partial charge in [0.25, 0.3) is 0 Å². The van der Waals surface area contributed by atoms with Gasteiger partial charge in [-0.2, -0.15) is 4.98 Å². The van der Waals surface area contributed by atoms with Gasteiger partial charge in [-0.3, -0.25) is 0 Å². The van der Waals surface area contributed by atoms with E-state index in [4.69, 9.17) is 10.3 Å². The van der Waals surface area contributed by atoms with E-state index < -0.39 is 0 Å². The summed E-state index contributed by atoms with van der Waals surface area (Å²) in [5.41, 5.74) is 5.73. The Hall–Kier alpha value is -0.900. The number of rotatable bonds is 6. The van der Waals surface area contributed by atoms with Crippen molar-refractivity contribution < 1.29 is 4.52 Å². The van der Waals surface area contributed by atoms with Gasteiger partial charge >= 0.3 is 0 Å². The first-order valence-electron chi connectivity index (χ1n) is 6.67. The number of hydrogen-bond acceptors (Lipinski definition) is 4. The fourth-order valence-electron chi connectivity index (χ4n) is 2.15. The van der Waals surface area contributed by atoms with Crippen molar-refractivity contribution in [2.75, 3.05) is 0 Å². The topological polar surface area (TPSA) is 64.9 Å². The lowest BCUT2D eigenvalue weighted by Gasteiger charge is -2.07. The maximum absolute atomic E-state index is 5.73. The van der Waals surface area contributed by atoms with Crippen molar-refractivity contribution in [1.82, 2.24) is 10.1 Å². The summed E-state index contributed by atoms with van der Waals surface area (Å²) in [5.74, 6) is 3.33. The lowest BCUT2D eigenvalue weighted by atomic mass is 10.0. The Labute approximate surface area is 103 Å². The Morgan fingerprint density at radius 2 is 2.12 bits per heavy atom. The standard InChI is InChI=1S/C13H23N3O/c1-8(5-4-6-10(3)14)13-15-12(16-17-13)11-7-9(11)2/h8-11H,4-7,14H2,1-3H3. The SMILES string of the molecule is CC(N)CCCC(C)c1nc(C2CC2C)no1. The molecule has 4 atom stereocenters. The van der Waals surface area contributed by atoms with Crippen molar-refractivity contribution in [3.05, 3.63) is 11.7 Å². The highest BCUT2D eigenvalue weighted by molar-refractivity contribution is 5.08. The first kappa shape index (κ1) is 12.6. The molecule has 2 rings (SSSR count). The first-order valence-corrected chi connectivity index (χ1v) is 6.67. The third-order valence-electron chi connectivity index (χ3n) is 3.62. The van der Waals surface area contributed by atoms with Gasteiger partial charge in [0.05, 0.1) is 0 Å². The molecule has 1 aromatic rings. The van der Waals surface area contributed by atoms with Crippen molar-refractivity contribution in [2.24, 2.45) is 11.7 Å². The molecule has 0 amide bonds. The van der Waals surface area contributed by atoms with Crippen LogP contribution in [0.25, 0.3) is 0 Å². The summed E-state index contributed by atoms with van der Waals surface area (Å²) in [5, 5.41) is 4.08. The van der Waals surface area contributed by atoms with E-state index in [-0.39, 0.29) is 6.04 Å². The molecule has 0 bridgehead atoms. The van der Waals surface area contributed by atoms with Gasteiger partial charge in [0.15, 0.2) is 5.82 Å². The minimum absolute atomic E-state index is 0.285. The fraction of sp³-hybridized carbons (Fsp3) is 0.846. The van der Waals surface area contributed by atoms with Crippen molar-refractivity contribution in [1.29, 1.82) is 0 Å². The van der Waals surface area contributed by atoms with Crippen LogP contribution in [0.5, 0.6) is 0 Å². The minimum Gasteiger partial charge on any atom is -0.339 e. The highest BCUT2D eigenvalue weighted by Crippen LogP contribution is 2.45. The van der Waals surface area contributed by atoms with Crippen molar-refractivity contribution >= 4 is 0 Å². The summed E-state index contributed by atoms with van der Waals surface area (Å²) in [6, 6.07) is 0.285. The molecule has 0 spiro atoms. The third kappa shape index (κ3) is 3.28. The van der Waals surface area contributed by atoms with E-state index in [9.17, 15) is 0 Å². The maximum atomic E-state index is 5.73.